The van der Waals surface area contributed by atoms with Gasteiger partial charge in [-0.05, 0) is 46.1 Å². The molecule has 4 nitrogen and oxygen atoms in total. The molecule has 1 rings (SSSR count). The van der Waals surface area contributed by atoms with E-state index < -0.39 is 0 Å². The Morgan fingerprint density at radius 3 is 2.08 bits per heavy atom. The summed E-state index contributed by atoms with van der Waals surface area (Å²) in [5.74, 6) is 0.318. The second-order valence-electron chi connectivity index (χ2n) is 8.16. The van der Waals surface area contributed by atoms with E-state index >= 15 is 0 Å². The molecule has 142 valence electrons. The minimum Gasteiger partial charge on any atom is -0.376 e. The van der Waals surface area contributed by atoms with E-state index in [-0.39, 0.29) is 11.0 Å². The van der Waals surface area contributed by atoms with Crippen LogP contribution in [0.25, 0.3) is 0 Å². The molecule has 0 aromatic heterocycles. The summed E-state index contributed by atoms with van der Waals surface area (Å²) in [6.45, 7) is 18.5. The molecule has 0 N–H and O–H groups in total. The topological polar surface area (TPSA) is 32.8 Å². The number of carbonyl (C=O) groups is 1. The number of carbonyl (C=O) groups excluding carboxylic acids is 1. The molecule has 24 heavy (non-hydrogen) atoms. The number of piperazine rings is 1. The van der Waals surface area contributed by atoms with Crippen molar-refractivity contribution in [1.82, 2.24) is 9.80 Å². The first-order chi connectivity index (χ1) is 11.3. The molecular weight excluding hydrogens is 300 g/mol. The van der Waals surface area contributed by atoms with Gasteiger partial charge in [-0.25, -0.2) is 0 Å². The summed E-state index contributed by atoms with van der Waals surface area (Å²) in [7, 11) is 0. The molecule has 0 saturated carbocycles. The van der Waals surface area contributed by atoms with Gasteiger partial charge in [-0.1, -0.05) is 34.1 Å². The van der Waals surface area contributed by atoms with Crippen molar-refractivity contribution >= 4 is 5.91 Å². The van der Waals surface area contributed by atoms with Gasteiger partial charge in [0.1, 0.15) is 0 Å². The summed E-state index contributed by atoms with van der Waals surface area (Å²) >= 11 is 0. The van der Waals surface area contributed by atoms with Crippen molar-refractivity contribution in [3.8, 4) is 0 Å². The van der Waals surface area contributed by atoms with Crippen LogP contribution in [0.2, 0.25) is 0 Å². The maximum atomic E-state index is 13.0. The highest BCUT2D eigenvalue weighted by atomic mass is 16.5. The van der Waals surface area contributed by atoms with Crippen molar-refractivity contribution in [1.29, 1.82) is 0 Å². The number of rotatable bonds is 10. The molecule has 0 bridgehead atoms. The van der Waals surface area contributed by atoms with Crippen molar-refractivity contribution in [3.63, 3.8) is 0 Å². The lowest BCUT2D eigenvalue weighted by molar-refractivity contribution is -0.145. The molecule has 1 saturated heterocycles. The third kappa shape index (κ3) is 6.36. The standard InChI is InChI=1S/C20H40N2O2/c1-7-10-19(4,5)24-17-11-20(6,9-3)18(23)22-15-13-21(12-8-2)14-16-22/h7-17H2,1-6H3. The first-order valence-corrected chi connectivity index (χ1v) is 9.93. The number of amides is 1. The van der Waals surface area contributed by atoms with E-state index in [1.807, 2.05) is 0 Å². The van der Waals surface area contributed by atoms with Gasteiger partial charge in [-0.15, -0.1) is 0 Å². The molecule has 1 aliphatic rings. The van der Waals surface area contributed by atoms with Crippen LogP contribution in [0.3, 0.4) is 0 Å². The molecule has 1 atom stereocenters. The van der Waals surface area contributed by atoms with Gasteiger partial charge >= 0.3 is 0 Å². The van der Waals surface area contributed by atoms with Crippen molar-refractivity contribution < 1.29 is 9.53 Å². The monoisotopic (exact) mass is 340 g/mol. The highest BCUT2D eigenvalue weighted by Crippen LogP contribution is 2.30. The fraction of sp³-hybridized carbons (Fsp3) is 0.950. The van der Waals surface area contributed by atoms with Crippen LogP contribution >= 0.6 is 0 Å². The molecule has 1 aliphatic heterocycles. The van der Waals surface area contributed by atoms with Crippen LogP contribution in [0, 0.1) is 5.41 Å². The van der Waals surface area contributed by atoms with E-state index in [0.29, 0.717) is 12.5 Å². The third-order valence-corrected chi connectivity index (χ3v) is 5.49. The first-order valence-electron chi connectivity index (χ1n) is 9.93. The Hall–Kier alpha value is -0.610. The van der Waals surface area contributed by atoms with E-state index in [2.05, 4.69) is 51.3 Å². The van der Waals surface area contributed by atoms with Crippen LogP contribution in [-0.4, -0.2) is 60.6 Å². The fourth-order valence-corrected chi connectivity index (χ4v) is 3.53. The second-order valence-corrected chi connectivity index (χ2v) is 8.16. The molecule has 4 heteroatoms. The smallest absolute Gasteiger partial charge is 0.228 e. The predicted octanol–water partition coefficient (Wildman–Crippen LogP) is 3.94. The molecular formula is C20H40N2O2. The number of nitrogens with zero attached hydrogens (tertiary/aromatic N) is 2. The molecule has 1 heterocycles. The van der Waals surface area contributed by atoms with Crippen molar-refractivity contribution in [2.45, 2.75) is 79.2 Å². The number of hydrogen-bond acceptors (Lipinski definition) is 3. The van der Waals surface area contributed by atoms with Gasteiger partial charge in [0.25, 0.3) is 0 Å². The zero-order chi connectivity index (χ0) is 18.2. The normalized spacial score (nSPS) is 19.3. The lowest BCUT2D eigenvalue weighted by atomic mass is 9.82. The van der Waals surface area contributed by atoms with Gasteiger partial charge in [-0.2, -0.15) is 0 Å². The molecule has 1 unspecified atom stereocenters. The Balaban J connectivity index is 2.52. The number of hydrogen-bond donors (Lipinski definition) is 0. The molecule has 0 aromatic rings. The van der Waals surface area contributed by atoms with Gasteiger partial charge in [-0.3, -0.25) is 9.69 Å². The van der Waals surface area contributed by atoms with Gasteiger partial charge in [0, 0.05) is 38.2 Å². The van der Waals surface area contributed by atoms with E-state index in [4.69, 9.17) is 4.74 Å². The summed E-state index contributed by atoms with van der Waals surface area (Å²) in [6, 6.07) is 0. The zero-order valence-corrected chi connectivity index (χ0v) is 17.0. The molecule has 1 amide bonds. The lowest BCUT2D eigenvalue weighted by Gasteiger charge is -2.40. The molecule has 0 aromatic carbocycles. The summed E-state index contributed by atoms with van der Waals surface area (Å²) in [4.78, 5) is 17.6. The minimum atomic E-state index is -0.296. The predicted molar refractivity (Wildman–Crippen MR) is 101 cm³/mol. The van der Waals surface area contributed by atoms with Gasteiger partial charge in [0.2, 0.25) is 5.91 Å². The van der Waals surface area contributed by atoms with Crippen molar-refractivity contribution in [2.75, 3.05) is 39.3 Å². The Labute approximate surface area is 149 Å². The second kappa shape index (κ2) is 9.76. The summed E-state index contributed by atoms with van der Waals surface area (Å²) in [5, 5.41) is 0. The fourth-order valence-electron chi connectivity index (χ4n) is 3.53. The zero-order valence-electron chi connectivity index (χ0n) is 17.0. The maximum absolute atomic E-state index is 13.0. The summed E-state index contributed by atoms with van der Waals surface area (Å²) in [6.07, 6.45) is 5.05. The summed E-state index contributed by atoms with van der Waals surface area (Å²) < 4.78 is 6.07. The van der Waals surface area contributed by atoms with Gasteiger partial charge < -0.3 is 9.64 Å². The van der Waals surface area contributed by atoms with E-state index in [1.54, 1.807) is 0 Å². The molecule has 0 aliphatic carbocycles. The highest BCUT2D eigenvalue weighted by Gasteiger charge is 2.36. The summed E-state index contributed by atoms with van der Waals surface area (Å²) in [5.41, 5.74) is -0.381. The van der Waals surface area contributed by atoms with E-state index in [9.17, 15) is 4.79 Å². The Bertz CT molecular complexity index is 376. The van der Waals surface area contributed by atoms with E-state index in [1.165, 1.54) is 6.42 Å². The quantitative estimate of drug-likeness (QED) is 0.604. The van der Waals surface area contributed by atoms with Crippen LogP contribution in [0.15, 0.2) is 0 Å². The largest absolute Gasteiger partial charge is 0.376 e. The van der Waals surface area contributed by atoms with Crippen LogP contribution in [-0.2, 0) is 9.53 Å². The number of ether oxygens (including phenoxy) is 1. The van der Waals surface area contributed by atoms with Crippen LogP contribution in [0.1, 0.15) is 73.6 Å². The average molecular weight is 341 g/mol. The lowest BCUT2D eigenvalue weighted by Crippen LogP contribution is -2.52. The Kier molecular flexibility index (Phi) is 8.72. The van der Waals surface area contributed by atoms with Gasteiger partial charge in [0.15, 0.2) is 0 Å². The third-order valence-electron chi connectivity index (χ3n) is 5.49. The van der Waals surface area contributed by atoms with E-state index in [0.717, 1.165) is 58.4 Å². The minimum absolute atomic E-state index is 0.0851. The Morgan fingerprint density at radius 2 is 1.58 bits per heavy atom. The van der Waals surface area contributed by atoms with Crippen LogP contribution < -0.4 is 0 Å². The van der Waals surface area contributed by atoms with Crippen molar-refractivity contribution in [2.24, 2.45) is 5.41 Å². The van der Waals surface area contributed by atoms with Crippen LogP contribution in [0.5, 0.6) is 0 Å². The molecule has 0 spiro atoms. The SMILES string of the molecule is CCCN1CCN(C(=O)C(C)(CC)CCOC(C)(C)CCC)CC1. The first kappa shape index (κ1) is 21.4. The van der Waals surface area contributed by atoms with Crippen LogP contribution in [0.4, 0.5) is 0 Å². The Morgan fingerprint density at radius 1 is 0.958 bits per heavy atom. The average Bonchev–Trinajstić information content (AvgIpc) is 2.54. The van der Waals surface area contributed by atoms with Crippen molar-refractivity contribution in [3.05, 3.63) is 0 Å². The maximum Gasteiger partial charge on any atom is 0.228 e. The molecule has 0 radical (unpaired) electrons. The van der Waals surface area contributed by atoms with Gasteiger partial charge in [0.05, 0.1) is 5.60 Å². The molecule has 1 fully saturated rings. The highest BCUT2D eigenvalue weighted by molar-refractivity contribution is 5.82.